The first-order valence-corrected chi connectivity index (χ1v) is 7.26. The van der Waals surface area contributed by atoms with Gasteiger partial charge in [-0.3, -0.25) is 4.57 Å². The molecule has 1 fully saturated rings. The molecule has 2 aromatic rings. The second kappa shape index (κ2) is 7.20. The zero-order chi connectivity index (χ0) is 16.3. The topological polar surface area (TPSA) is 177 Å². The molecular weight excluding hydrogens is 337 g/mol. The molecule has 1 saturated heterocycles. The number of rotatable bonds is 2. The summed E-state index contributed by atoms with van der Waals surface area (Å²) < 4.78 is 22.5. The summed E-state index contributed by atoms with van der Waals surface area (Å²) in [5.41, 5.74) is 6.44. The van der Waals surface area contributed by atoms with E-state index in [1.165, 1.54) is 17.2 Å². The van der Waals surface area contributed by atoms with E-state index >= 15 is 0 Å². The van der Waals surface area contributed by atoms with Crippen LogP contribution in [0.2, 0.25) is 0 Å². The molecule has 12 heteroatoms. The average molecular weight is 351 g/mol. The molecule has 1 aliphatic rings. The van der Waals surface area contributed by atoms with Crippen molar-refractivity contribution in [2.45, 2.75) is 24.5 Å². The van der Waals surface area contributed by atoms with Gasteiger partial charge in [0.25, 0.3) is 0 Å². The molecule has 4 unspecified atom stereocenters. The molecule has 4 atom stereocenters. The predicted molar refractivity (Wildman–Crippen MR) is 65.7 cm³/mol. The molecule has 6 N–H and O–H groups in total. The molecule has 120 valence electrons. The van der Waals surface area contributed by atoms with E-state index < -0.39 is 47.7 Å². The van der Waals surface area contributed by atoms with Crippen molar-refractivity contribution in [1.29, 1.82) is 0 Å². The van der Waals surface area contributed by atoms with Gasteiger partial charge in [0.1, 0.15) is 30.2 Å². The fraction of sp³-hybridized carbons (Fsp3) is 0.500. The Labute approximate surface area is 131 Å². The number of hydrogen-bond acceptors (Lipinski definition) is 9. The minimum absolute atomic E-state index is 0.218. The summed E-state index contributed by atoms with van der Waals surface area (Å²) in [5, 5.41) is 28.7. The number of aliphatic hydroxyl groups excluding tert-OH is 3. The quantitative estimate of drug-likeness (QED) is 0.384. The van der Waals surface area contributed by atoms with E-state index in [0.29, 0.717) is 11.2 Å². The number of fused-ring (bicyclic) bond motifs is 1. The molecule has 0 amide bonds. The second-order valence-electron chi connectivity index (χ2n) is 4.39. The third kappa shape index (κ3) is 3.01. The monoisotopic (exact) mass is 351 g/mol. The number of anilines is 1. The number of hydrogen-bond donors (Lipinski definition) is 5. The zero-order valence-corrected chi connectivity index (χ0v) is 12.5. The van der Waals surface area contributed by atoms with E-state index in [0.717, 1.165) is 0 Å². The summed E-state index contributed by atoms with van der Waals surface area (Å²) in [6, 6.07) is 0. The van der Waals surface area contributed by atoms with E-state index in [1.807, 2.05) is 0 Å². The van der Waals surface area contributed by atoms with Gasteiger partial charge in [-0.05, 0) is 0 Å². The first kappa shape index (κ1) is 16.9. The summed E-state index contributed by atoms with van der Waals surface area (Å²) in [5.74, 6) is 0.218. The van der Waals surface area contributed by atoms with Gasteiger partial charge in [-0.15, -0.1) is 0 Å². The molecule has 0 aromatic carbocycles. The van der Waals surface area contributed by atoms with Gasteiger partial charge in [-0.25, -0.2) is 15.0 Å². The van der Waals surface area contributed by atoms with E-state index in [-0.39, 0.29) is 5.82 Å². The van der Waals surface area contributed by atoms with Crippen LogP contribution in [0, 0.1) is 0 Å². The predicted octanol–water partition coefficient (Wildman–Crippen LogP) is -2.66. The molecule has 0 bridgehead atoms. The number of aromatic nitrogens is 4. The Bertz CT molecular complexity index is 654. The normalized spacial score (nSPS) is 27.5. The zero-order valence-electron chi connectivity index (χ0n) is 11.1. The van der Waals surface area contributed by atoms with Crippen molar-refractivity contribution >= 4 is 17.0 Å². The summed E-state index contributed by atoms with van der Waals surface area (Å²) in [6.45, 7) is -0.390. The molecule has 2 aromatic heterocycles. The summed E-state index contributed by atoms with van der Waals surface area (Å²) in [4.78, 5) is 11.9. The van der Waals surface area contributed by atoms with Crippen molar-refractivity contribution in [2.75, 3.05) is 12.3 Å². The van der Waals surface area contributed by atoms with E-state index in [1.54, 1.807) is 0 Å². The van der Waals surface area contributed by atoms with Gasteiger partial charge >= 0.3 is 24.3 Å². The Morgan fingerprint density at radius 1 is 1.32 bits per heavy atom. The summed E-state index contributed by atoms with van der Waals surface area (Å²) >= 11 is -1.56. The second-order valence-corrected chi connectivity index (χ2v) is 4.65. The number of aliphatic hydroxyl groups is 3. The molecule has 0 spiro atoms. The van der Waals surface area contributed by atoms with Crippen LogP contribution in [-0.4, -0.2) is 63.8 Å². The van der Waals surface area contributed by atoms with Gasteiger partial charge in [-0.1, -0.05) is 0 Å². The molecule has 3 heterocycles. The molecule has 11 nitrogen and oxygen atoms in total. The summed E-state index contributed by atoms with van der Waals surface area (Å²) in [7, 11) is 0. The number of ether oxygens (including phenoxy) is 1. The Morgan fingerprint density at radius 2 is 2.00 bits per heavy atom. The van der Waals surface area contributed by atoms with Crippen LogP contribution in [0.4, 0.5) is 5.82 Å². The van der Waals surface area contributed by atoms with Gasteiger partial charge in [0.05, 0.1) is 12.9 Å². The molecule has 1 aliphatic heterocycles. The van der Waals surface area contributed by atoms with Crippen LogP contribution in [-0.2, 0) is 25.0 Å². The summed E-state index contributed by atoms with van der Waals surface area (Å²) in [6.07, 6.45) is -1.42. The van der Waals surface area contributed by atoms with Crippen molar-refractivity contribution in [3.8, 4) is 0 Å². The minimum atomic E-state index is -1.56. The van der Waals surface area contributed by atoms with Gasteiger partial charge in [-0.2, -0.15) is 0 Å². The van der Waals surface area contributed by atoms with E-state index in [2.05, 4.69) is 15.0 Å². The fourth-order valence-electron chi connectivity index (χ4n) is 2.17. The van der Waals surface area contributed by atoms with Crippen LogP contribution in [0.5, 0.6) is 0 Å². The van der Waals surface area contributed by atoms with Crippen LogP contribution < -0.4 is 5.73 Å². The number of nitrogens with zero attached hydrogens (tertiary/aromatic N) is 4. The van der Waals surface area contributed by atoms with Crippen molar-refractivity contribution in [3.63, 3.8) is 0 Å². The van der Waals surface area contributed by atoms with Gasteiger partial charge < -0.3 is 25.8 Å². The van der Waals surface area contributed by atoms with Gasteiger partial charge in [0.15, 0.2) is 17.7 Å². The Hall–Kier alpha value is -1.47. The van der Waals surface area contributed by atoms with Crippen LogP contribution in [0.3, 0.4) is 0 Å². The third-order valence-electron chi connectivity index (χ3n) is 3.18. The third-order valence-corrected chi connectivity index (χ3v) is 3.18. The van der Waals surface area contributed by atoms with E-state index in [9.17, 15) is 10.2 Å². The molecule has 0 saturated carbocycles. The van der Waals surface area contributed by atoms with Gasteiger partial charge in [0, 0.05) is 0 Å². The Morgan fingerprint density at radius 3 is 2.59 bits per heavy atom. The van der Waals surface area contributed by atoms with Crippen LogP contribution in [0.15, 0.2) is 12.7 Å². The maximum absolute atomic E-state index is 9.95. The Balaban J connectivity index is 0.000000545. The first-order valence-electron chi connectivity index (χ1n) is 6.07. The first-order chi connectivity index (χ1) is 10.5. The molecule has 0 radical (unpaired) electrons. The van der Waals surface area contributed by atoms with Crippen LogP contribution >= 0.6 is 0 Å². The maximum atomic E-state index is 9.95. The Kier molecular flexibility index (Phi) is 5.53. The number of nitrogen functional groups attached to an aromatic ring is 1. The van der Waals surface area contributed by atoms with Crippen molar-refractivity contribution in [3.05, 3.63) is 12.7 Å². The standard InChI is InChI=1S/C10H13N5O4.H2O.O.V/c11-8-5-9(13-2-12-8)15(3-14-5)10-7(18)6(17)4(1-16)19-10;;;/h2-4,6-7,10,16-18H,1H2,(H2,11,12,13);1H2;;/q;;;+1/p-1. The fourth-order valence-corrected chi connectivity index (χ4v) is 2.17. The van der Waals surface area contributed by atoms with Crippen LogP contribution in [0.25, 0.3) is 11.2 Å². The van der Waals surface area contributed by atoms with Crippen molar-refractivity contribution in [1.82, 2.24) is 19.5 Å². The van der Waals surface area contributed by atoms with E-state index in [4.69, 9.17) is 23.3 Å². The number of nitrogens with two attached hydrogens (primary N) is 1. The average Bonchev–Trinajstić information content (AvgIpc) is 3.04. The molecule has 22 heavy (non-hydrogen) atoms. The molecule has 3 rings (SSSR count). The molecular formula is C10H14N5O6V. The van der Waals surface area contributed by atoms with Gasteiger partial charge in [0.2, 0.25) is 0 Å². The SMILES string of the molecule is Nc1ncnc2c1ncn2C1OC(CO)C(O)C1O.[O]=[V][OH]. The molecule has 0 aliphatic carbocycles. The van der Waals surface area contributed by atoms with Crippen molar-refractivity contribution in [2.24, 2.45) is 0 Å². The van der Waals surface area contributed by atoms with Crippen LogP contribution in [0.1, 0.15) is 6.23 Å². The van der Waals surface area contributed by atoms with Crippen molar-refractivity contribution < 1.29 is 44.3 Å². The number of imidazole rings is 1.